The van der Waals surface area contributed by atoms with E-state index in [0.717, 1.165) is 12.1 Å². The Morgan fingerprint density at radius 3 is 2.21 bits per heavy atom. The van der Waals surface area contributed by atoms with Gasteiger partial charge in [-0.1, -0.05) is 12.1 Å². The first kappa shape index (κ1) is 15.5. The van der Waals surface area contributed by atoms with E-state index in [2.05, 4.69) is 4.74 Å². The highest BCUT2D eigenvalue weighted by molar-refractivity contribution is 5.70. The third-order valence-corrected chi connectivity index (χ3v) is 2.92. The number of hydrogen-bond acceptors (Lipinski definition) is 3. The van der Waals surface area contributed by atoms with E-state index in [1.54, 1.807) is 6.92 Å². The molecule has 0 aliphatic heterocycles. The van der Waals surface area contributed by atoms with Gasteiger partial charge in [0.2, 0.25) is 0 Å². The molecule has 1 aromatic rings. The van der Waals surface area contributed by atoms with Crippen LogP contribution in [0, 0.1) is 0 Å². The molecule has 0 radical (unpaired) electrons. The van der Waals surface area contributed by atoms with Crippen LogP contribution < -0.4 is 5.73 Å². The number of carbonyl (C=O) groups is 1. The highest BCUT2D eigenvalue weighted by atomic mass is 19.4. The Morgan fingerprint density at radius 1 is 1.32 bits per heavy atom. The maximum Gasteiger partial charge on any atom is 0.416 e. The van der Waals surface area contributed by atoms with Gasteiger partial charge in [-0.15, -0.1) is 0 Å². The lowest BCUT2D eigenvalue weighted by Crippen LogP contribution is -2.27. The zero-order valence-electron chi connectivity index (χ0n) is 10.7. The van der Waals surface area contributed by atoms with Crippen molar-refractivity contribution in [2.24, 2.45) is 5.73 Å². The van der Waals surface area contributed by atoms with E-state index in [1.807, 2.05) is 0 Å². The lowest BCUT2D eigenvalue weighted by molar-refractivity contribution is -0.141. The molecule has 2 atom stereocenters. The molecule has 2 N–H and O–H groups in total. The number of esters is 1. The number of halogens is 3. The summed E-state index contributed by atoms with van der Waals surface area (Å²) in [6.07, 6.45) is -4.33. The van der Waals surface area contributed by atoms with Gasteiger partial charge in [0.15, 0.2) is 0 Å². The minimum atomic E-state index is -4.37. The first-order valence-corrected chi connectivity index (χ1v) is 5.75. The summed E-state index contributed by atoms with van der Waals surface area (Å²) in [5.74, 6) is -0.808. The largest absolute Gasteiger partial charge is 0.469 e. The van der Waals surface area contributed by atoms with E-state index in [0.29, 0.717) is 5.56 Å². The summed E-state index contributed by atoms with van der Waals surface area (Å²) >= 11 is 0. The SMILES string of the molecule is COC(=O)CC(c1ccc(C(F)(F)F)cc1)C(C)N. The first-order valence-electron chi connectivity index (χ1n) is 5.75. The molecule has 0 saturated carbocycles. The Kier molecular flexibility index (Phi) is 4.94. The Hall–Kier alpha value is -1.56. The van der Waals surface area contributed by atoms with Crippen LogP contribution in [0.15, 0.2) is 24.3 Å². The zero-order chi connectivity index (χ0) is 14.6. The van der Waals surface area contributed by atoms with E-state index in [4.69, 9.17) is 5.73 Å². The fourth-order valence-corrected chi connectivity index (χ4v) is 1.79. The number of hydrogen-bond donors (Lipinski definition) is 1. The molecule has 19 heavy (non-hydrogen) atoms. The molecule has 0 amide bonds. The van der Waals surface area contributed by atoms with Gasteiger partial charge >= 0.3 is 12.1 Å². The summed E-state index contributed by atoms with van der Waals surface area (Å²) < 4.78 is 41.9. The quantitative estimate of drug-likeness (QED) is 0.859. The van der Waals surface area contributed by atoms with Gasteiger partial charge in [-0.2, -0.15) is 13.2 Å². The molecule has 2 unspecified atom stereocenters. The number of benzene rings is 1. The van der Waals surface area contributed by atoms with Crippen LogP contribution >= 0.6 is 0 Å². The Morgan fingerprint density at radius 2 is 1.84 bits per heavy atom. The fraction of sp³-hybridized carbons (Fsp3) is 0.462. The van der Waals surface area contributed by atoms with Gasteiger partial charge in [0, 0.05) is 12.0 Å². The third kappa shape index (κ3) is 4.24. The molecule has 0 aliphatic carbocycles. The second-order valence-corrected chi connectivity index (χ2v) is 4.37. The van der Waals surface area contributed by atoms with Gasteiger partial charge in [0.1, 0.15) is 0 Å². The summed E-state index contributed by atoms with van der Waals surface area (Å²) in [7, 11) is 1.26. The first-order chi connectivity index (χ1) is 8.75. The molecular weight excluding hydrogens is 259 g/mol. The maximum absolute atomic E-state index is 12.4. The van der Waals surface area contributed by atoms with Gasteiger partial charge in [0.25, 0.3) is 0 Å². The van der Waals surface area contributed by atoms with E-state index in [-0.39, 0.29) is 18.4 Å². The number of methoxy groups -OCH3 is 1. The van der Waals surface area contributed by atoms with Crippen LogP contribution in [0.3, 0.4) is 0 Å². The van der Waals surface area contributed by atoms with Crippen molar-refractivity contribution in [2.75, 3.05) is 7.11 Å². The predicted octanol–water partition coefficient (Wildman–Crippen LogP) is 2.70. The van der Waals surface area contributed by atoms with Crippen molar-refractivity contribution in [3.8, 4) is 0 Å². The van der Waals surface area contributed by atoms with Crippen LogP contribution in [0.2, 0.25) is 0 Å². The molecule has 0 aliphatic rings. The van der Waals surface area contributed by atoms with Crippen molar-refractivity contribution in [1.29, 1.82) is 0 Å². The molecule has 0 saturated heterocycles. The van der Waals surface area contributed by atoms with Crippen molar-refractivity contribution < 1.29 is 22.7 Å². The lowest BCUT2D eigenvalue weighted by atomic mass is 9.89. The van der Waals surface area contributed by atoms with Crippen molar-refractivity contribution in [3.63, 3.8) is 0 Å². The molecule has 3 nitrogen and oxygen atoms in total. The number of carbonyl (C=O) groups excluding carboxylic acids is 1. The summed E-state index contributed by atoms with van der Waals surface area (Å²) in [4.78, 5) is 11.3. The van der Waals surface area contributed by atoms with Crippen LogP contribution in [0.5, 0.6) is 0 Å². The average molecular weight is 275 g/mol. The number of ether oxygens (including phenoxy) is 1. The van der Waals surface area contributed by atoms with Crippen molar-refractivity contribution >= 4 is 5.97 Å². The minimum absolute atomic E-state index is 0.0412. The smallest absolute Gasteiger partial charge is 0.416 e. The van der Waals surface area contributed by atoms with Crippen LogP contribution in [-0.4, -0.2) is 19.1 Å². The number of rotatable bonds is 4. The fourth-order valence-electron chi connectivity index (χ4n) is 1.79. The van der Waals surface area contributed by atoms with Crippen LogP contribution in [-0.2, 0) is 15.7 Å². The molecule has 106 valence electrons. The molecule has 0 aromatic heterocycles. The standard InChI is InChI=1S/C13H16F3NO2/c1-8(17)11(7-12(18)19-2)9-3-5-10(6-4-9)13(14,15)16/h3-6,8,11H,7,17H2,1-2H3. The summed E-state index contributed by atoms with van der Waals surface area (Å²) in [5.41, 5.74) is 5.63. The molecule has 0 fully saturated rings. The molecule has 0 bridgehead atoms. The normalized spacial score (nSPS) is 14.8. The van der Waals surface area contributed by atoms with Gasteiger partial charge in [-0.3, -0.25) is 4.79 Å². The van der Waals surface area contributed by atoms with E-state index in [9.17, 15) is 18.0 Å². The molecule has 1 rings (SSSR count). The van der Waals surface area contributed by atoms with Gasteiger partial charge in [-0.25, -0.2) is 0 Å². The Balaban J connectivity index is 2.95. The molecule has 0 spiro atoms. The van der Waals surface area contributed by atoms with Gasteiger partial charge in [-0.05, 0) is 24.6 Å². The summed E-state index contributed by atoms with van der Waals surface area (Å²) in [6.45, 7) is 1.70. The Bertz CT molecular complexity index is 427. The highest BCUT2D eigenvalue weighted by Gasteiger charge is 2.30. The molecule has 1 aromatic carbocycles. The second kappa shape index (κ2) is 6.06. The number of alkyl halides is 3. The minimum Gasteiger partial charge on any atom is -0.469 e. The van der Waals surface area contributed by atoms with Crippen LogP contribution in [0.4, 0.5) is 13.2 Å². The van der Waals surface area contributed by atoms with E-state index in [1.165, 1.54) is 19.2 Å². The van der Waals surface area contributed by atoms with Gasteiger partial charge in [0.05, 0.1) is 19.1 Å². The second-order valence-electron chi connectivity index (χ2n) is 4.37. The highest BCUT2D eigenvalue weighted by Crippen LogP contribution is 2.31. The predicted molar refractivity (Wildman–Crippen MR) is 64.5 cm³/mol. The van der Waals surface area contributed by atoms with Crippen molar-refractivity contribution in [3.05, 3.63) is 35.4 Å². The Labute approximate surface area is 109 Å². The van der Waals surface area contributed by atoms with Crippen molar-refractivity contribution in [1.82, 2.24) is 0 Å². The van der Waals surface area contributed by atoms with E-state index < -0.39 is 17.7 Å². The maximum atomic E-state index is 12.4. The van der Waals surface area contributed by atoms with Crippen molar-refractivity contribution in [2.45, 2.75) is 31.5 Å². The topological polar surface area (TPSA) is 52.3 Å². The summed E-state index contributed by atoms with van der Waals surface area (Å²) in [5, 5.41) is 0. The monoisotopic (exact) mass is 275 g/mol. The third-order valence-electron chi connectivity index (χ3n) is 2.92. The van der Waals surface area contributed by atoms with E-state index >= 15 is 0 Å². The van der Waals surface area contributed by atoms with Gasteiger partial charge < -0.3 is 10.5 Å². The summed E-state index contributed by atoms with van der Waals surface area (Å²) in [6, 6.07) is 4.31. The lowest BCUT2D eigenvalue weighted by Gasteiger charge is -2.20. The zero-order valence-corrected chi connectivity index (χ0v) is 10.7. The van der Waals surface area contributed by atoms with Crippen LogP contribution in [0.25, 0.3) is 0 Å². The van der Waals surface area contributed by atoms with Crippen LogP contribution in [0.1, 0.15) is 30.4 Å². The molecular formula is C13H16F3NO2. The molecule has 0 heterocycles. The molecule has 6 heteroatoms. The number of nitrogens with two attached hydrogens (primary N) is 1. The average Bonchev–Trinajstić information content (AvgIpc) is 2.34.